The molecule has 1 unspecified atom stereocenters. The van der Waals surface area contributed by atoms with E-state index in [1.165, 1.54) is 12.0 Å². The first-order valence-corrected chi connectivity index (χ1v) is 6.57. The first kappa shape index (κ1) is 12.1. The van der Waals surface area contributed by atoms with Crippen LogP contribution in [0.3, 0.4) is 0 Å². The SMILES string of the molecule is O=C1CCC(/C=C/CCCc2ccccc2)C1. The molecular weight excluding hydrogens is 208 g/mol. The number of rotatable bonds is 5. The first-order valence-electron chi connectivity index (χ1n) is 6.57. The summed E-state index contributed by atoms with van der Waals surface area (Å²) in [5, 5.41) is 0. The molecule has 0 aliphatic heterocycles. The van der Waals surface area contributed by atoms with Crippen molar-refractivity contribution in [2.45, 2.75) is 38.5 Å². The molecule has 0 amide bonds. The molecule has 0 saturated heterocycles. The highest BCUT2D eigenvalue weighted by Crippen LogP contribution is 2.23. The van der Waals surface area contributed by atoms with Crippen LogP contribution in [0.5, 0.6) is 0 Å². The molecule has 1 aliphatic carbocycles. The monoisotopic (exact) mass is 228 g/mol. The van der Waals surface area contributed by atoms with E-state index in [-0.39, 0.29) is 0 Å². The number of hydrogen-bond acceptors (Lipinski definition) is 1. The molecule has 0 heterocycles. The maximum Gasteiger partial charge on any atom is 0.133 e. The van der Waals surface area contributed by atoms with E-state index in [9.17, 15) is 4.79 Å². The largest absolute Gasteiger partial charge is 0.300 e. The van der Waals surface area contributed by atoms with Crippen molar-refractivity contribution in [1.82, 2.24) is 0 Å². The smallest absolute Gasteiger partial charge is 0.133 e. The number of carbonyl (C=O) groups is 1. The number of unbranched alkanes of at least 4 members (excludes halogenated alkanes) is 1. The van der Waals surface area contributed by atoms with E-state index in [0.717, 1.165) is 32.1 Å². The van der Waals surface area contributed by atoms with Crippen LogP contribution in [0.15, 0.2) is 42.5 Å². The molecule has 90 valence electrons. The Morgan fingerprint density at radius 2 is 2.06 bits per heavy atom. The van der Waals surface area contributed by atoms with Crippen molar-refractivity contribution in [3.8, 4) is 0 Å². The van der Waals surface area contributed by atoms with Crippen LogP contribution >= 0.6 is 0 Å². The summed E-state index contributed by atoms with van der Waals surface area (Å²) in [6, 6.07) is 10.6. The molecule has 1 saturated carbocycles. The Labute approximate surface area is 104 Å². The summed E-state index contributed by atoms with van der Waals surface area (Å²) in [6.45, 7) is 0. The number of Topliss-reactive ketones (excluding diaryl/α,β-unsaturated/α-hetero) is 1. The average molecular weight is 228 g/mol. The van der Waals surface area contributed by atoms with Gasteiger partial charge in [0.1, 0.15) is 5.78 Å². The third kappa shape index (κ3) is 4.18. The topological polar surface area (TPSA) is 17.1 Å². The van der Waals surface area contributed by atoms with Gasteiger partial charge in [-0.2, -0.15) is 0 Å². The van der Waals surface area contributed by atoms with Gasteiger partial charge in [-0.25, -0.2) is 0 Å². The summed E-state index contributed by atoms with van der Waals surface area (Å²) in [5.74, 6) is 0.961. The molecule has 17 heavy (non-hydrogen) atoms. The normalized spacial score (nSPS) is 20.2. The second kappa shape index (κ2) is 6.39. The molecule has 1 aromatic rings. The van der Waals surface area contributed by atoms with Gasteiger partial charge in [-0.1, -0.05) is 42.5 Å². The highest BCUT2D eigenvalue weighted by Gasteiger charge is 2.18. The average Bonchev–Trinajstić information content (AvgIpc) is 2.76. The quantitative estimate of drug-likeness (QED) is 0.551. The number of aryl methyl sites for hydroxylation is 1. The van der Waals surface area contributed by atoms with Crippen LogP contribution in [0.1, 0.15) is 37.7 Å². The molecule has 0 radical (unpaired) electrons. The maximum absolute atomic E-state index is 11.1. The molecule has 1 nitrogen and oxygen atoms in total. The fourth-order valence-corrected chi connectivity index (χ4v) is 2.36. The van der Waals surface area contributed by atoms with Gasteiger partial charge in [-0.3, -0.25) is 4.79 Å². The third-order valence-corrected chi connectivity index (χ3v) is 3.37. The molecule has 0 bridgehead atoms. The summed E-state index contributed by atoms with van der Waals surface area (Å²) in [6.07, 6.45) is 10.6. The molecule has 1 aromatic carbocycles. The fourth-order valence-electron chi connectivity index (χ4n) is 2.36. The molecule has 1 heteroatoms. The molecule has 1 fully saturated rings. The van der Waals surface area contributed by atoms with E-state index >= 15 is 0 Å². The van der Waals surface area contributed by atoms with Crippen LogP contribution < -0.4 is 0 Å². The van der Waals surface area contributed by atoms with Crippen molar-refractivity contribution in [3.63, 3.8) is 0 Å². The van der Waals surface area contributed by atoms with Crippen LogP contribution in [0.25, 0.3) is 0 Å². The van der Waals surface area contributed by atoms with Crippen LogP contribution in [0.4, 0.5) is 0 Å². The summed E-state index contributed by atoms with van der Waals surface area (Å²) in [7, 11) is 0. The van der Waals surface area contributed by atoms with Gasteiger partial charge in [0.2, 0.25) is 0 Å². The standard InChI is InChI=1S/C16H20O/c17-16-12-11-15(13-16)10-6-2-5-9-14-7-3-1-4-8-14/h1,3-4,6-8,10,15H,2,5,9,11-13H2/b10-6+. The third-order valence-electron chi connectivity index (χ3n) is 3.37. The summed E-state index contributed by atoms with van der Waals surface area (Å²) >= 11 is 0. The number of carbonyl (C=O) groups excluding carboxylic acids is 1. The van der Waals surface area contributed by atoms with Gasteiger partial charge < -0.3 is 0 Å². The molecule has 1 aliphatic rings. The maximum atomic E-state index is 11.1. The van der Waals surface area contributed by atoms with Crippen LogP contribution in [0, 0.1) is 5.92 Å². The molecule has 0 aromatic heterocycles. The minimum atomic E-state index is 0.434. The van der Waals surface area contributed by atoms with Gasteiger partial charge in [0.05, 0.1) is 0 Å². The fraction of sp³-hybridized carbons (Fsp3) is 0.438. The van der Waals surface area contributed by atoms with E-state index in [1.807, 2.05) is 0 Å². The van der Waals surface area contributed by atoms with E-state index < -0.39 is 0 Å². The molecule has 0 spiro atoms. The Kier molecular flexibility index (Phi) is 4.54. The van der Waals surface area contributed by atoms with Crippen LogP contribution in [-0.2, 0) is 11.2 Å². The zero-order valence-corrected chi connectivity index (χ0v) is 10.3. The predicted octanol–water partition coefficient (Wildman–Crippen LogP) is 3.93. The summed E-state index contributed by atoms with van der Waals surface area (Å²) in [4.78, 5) is 11.1. The number of hydrogen-bond donors (Lipinski definition) is 0. The highest BCUT2D eigenvalue weighted by molar-refractivity contribution is 5.80. The van der Waals surface area contributed by atoms with Crippen LogP contribution in [-0.4, -0.2) is 5.78 Å². The molecular formula is C16H20O. The lowest BCUT2D eigenvalue weighted by molar-refractivity contribution is -0.117. The number of ketones is 1. The summed E-state index contributed by atoms with van der Waals surface area (Å²) in [5.41, 5.74) is 1.41. The highest BCUT2D eigenvalue weighted by atomic mass is 16.1. The van der Waals surface area contributed by atoms with E-state index in [0.29, 0.717) is 11.7 Å². The van der Waals surface area contributed by atoms with Gasteiger partial charge >= 0.3 is 0 Å². The van der Waals surface area contributed by atoms with Crippen molar-refractivity contribution in [2.75, 3.05) is 0 Å². The molecule has 0 N–H and O–H groups in total. The second-order valence-corrected chi connectivity index (χ2v) is 4.85. The number of benzene rings is 1. The lowest BCUT2D eigenvalue weighted by Crippen LogP contribution is -1.90. The van der Waals surface area contributed by atoms with Crippen molar-refractivity contribution in [1.29, 1.82) is 0 Å². The lowest BCUT2D eigenvalue weighted by atomic mass is 10.1. The van der Waals surface area contributed by atoms with Crippen molar-refractivity contribution < 1.29 is 4.79 Å². The van der Waals surface area contributed by atoms with E-state index in [1.54, 1.807) is 0 Å². The van der Waals surface area contributed by atoms with Crippen molar-refractivity contribution in [2.24, 2.45) is 5.92 Å². The summed E-state index contributed by atoms with van der Waals surface area (Å²) < 4.78 is 0. The zero-order chi connectivity index (χ0) is 11.9. The van der Waals surface area contributed by atoms with E-state index in [4.69, 9.17) is 0 Å². The zero-order valence-electron chi connectivity index (χ0n) is 10.3. The minimum Gasteiger partial charge on any atom is -0.300 e. The Morgan fingerprint density at radius 3 is 2.76 bits per heavy atom. The number of allylic oxidation sites excluding steroid dienone is 2. The Hall–Kier alpha value is -1.37. The minimum absolute atomic E-state index is 0.434. The van der Waals surface area contributed by atoms with Crippen molar-refractivity contribution in [3.05, 3.63) is 48.0 Å². The Balaban J connectivity index is 1.63. The Morgan fingerprint density at radius 1 is 1.24 bits per heavy atom. The van der Waals surface area contributed by atoms with E-state index in [2.05, 4.69) is 42.5 Å². The Bertz CT molecular complexity index is 378. The van der Waals surface area contributed by atoms with Gasteiger partial charge in [-0.05, 0) is 37.2 Å². The van der Waals surface area contributed by atoms with Gasteiger partial charge in [0, 0.05) is 12.8 Å². The predicted molar refractivity (Wildman–Crippen MR) is 70.9 cm³/mol. The van der Waals surface area contributed by atoms with Gasteiger partial charge in [-0.15, -0.1) is 0 Å². The second-order valence-electron chi connectivity index (χ2n) is 4.85. The molecule has 2 rings (SSSR count). The van der Waals surface area contributed by atoms with Crippen LogP contribution in [0.2, 0.25) is 0 Å². The van der Waals surface area contributed by atoms with Crippen molar-refractivity contribution >= 4 is 5.78 Å². The van der Waals surface area contributed by atoms with Gasteiger partial charge in [0.25, 0.3) is 0 Å². The molecule has 1 atom stereocenters. The first-order chi connectivity index (χ1) is 8.34. The van der Waals surface area contributed by atoms with Gasteiger partial charge in [0.15, 0.2) is 0 Å². The lowest BCUT2D eigenvalue weighted by Gasteiger charge is -2.00.